The lowest BCUT2D eigenvalue weighted by Crippen LogP contribution is -2.36. The van der Waals surface area contributed by atoms with Crippen LogP contribution in [0.3, 0.4) is 0 Å². The number of anilines is 1. The molecular weight excluding hydrogens is 452 g/mol. The van der Waals surface area contributed by atoms with Crippen LogP contribution >= 0.6 is 11.3 Å². The van der Waals surface area contributed by atoms with Crippen LogP contribution in [-0.4, -0.2) is 40.9 Å². The molecule has 0 bridgehead atoms. The molecule has 0 unspecified atom stereocenters. The van der Waals surface area contributed by atoms with E-state index in [1.807, 2.05) is 34.7 Å². The number of thiophene rings is 1. The van der Waals surface area contributed by atoms with Crippen LogP contribution < -0.4 is 9.64 Å². The maximum Gasteiger partial charge on any atom is 0.330 e. The Labute approximate surface area is 202 Å². The lowest BCUT2D eigenvalue weighted by Gasteiger charge is -2.28. The molecule has 0 spiro atoms. The van der Waals surface area contributed by atoms with Crippen LogP contribution in [0.2, 0.25) is 0 Å². The Bertz CT molecular complexity index is 1150. The van der Waals surface area contributed by atoms with Crippen molar-refractivity contribution in [2.75, 3.05) is 19.1 Å². The second kappa shape index (κ2) is 11.1. The molecule has 0 aliphatic heterocycles. The highest BCUT2D eigenvalue weighted by atomic mass is 32.1. The zero-order valence-electron chi connectivity index (χ0n) is 19.3. The predicted octanol–water partition coefficient (Wildman–Crippen LogP) is 4.64. The topological polar surface area (TPSA) is 86.6 Å². The summed E-state index contributed by atoms with van der Waals surface area (Å²) in [5.41, 5.74) is 2.44. The number of hydrogen-bond donors (Lipinski definition) is 0. The highest BCUT2D eigenvalue weighted by Gasteiger charge is 2.28. The van der Waals surface area contributed by atoms with E-state index in [9.17, 15) is 9.59 Å². The average Bonchev–Trinajstić information content (AvgIpc) is 3.56. The standard InChI is InChI=1S/C25H28N4O4S/c1-32-22-10-9-21(15-26-22)29-13-12-20(27-29)16-28(25(31)19-6-4-3-5-7-19)23-14-18(17-34-23)8-11-24(30)33-2/h8-15,17,19H,3-7,16H2,1-2H3/b11-8+. The first-order valence-electron chi connectivity index (χ1n) is 11.3. The van der Waals surface area contributed by atoms with E-state index in [1.54, 1.807) is 30.1 Å². The fraction of sp³-hybridized carbons (Fsp3) is 0.360. The fourth-order valence-electron chi connectivity index (χ4n) is 4.02. The Morgan fingerprint density at radius 2 is 2.03 bits per heavy atom. The Balaban J connectivity index is 1.57. The van der Waals surface area contributed by atoms with E-state index in [1.165, 1.54) is 30.9 Å². The number of aromatic nitrogens is 3. The predicted molar refractivity (Wildman–Crippen MR) is 131 cm³/mol. The normalized spacial score (nSPS) is 14.3. The lowest BCUT2D eigenvalue weighted by molar-refractivity contribution is -0.134. The van der Waals surface area contributed by atoms with Crippen molar-refractivity contribution in [2.45, 2.75) is 38.6 Å². The van der Waals surface area contributed by atoms with E-state index in [-0.39, 0.29) is 11.8 Å². The van der Waals surface area contributed by atoms with Crippen LogP contribution in [0.1, 0.15) is 43.4 Å². The monoisotopic (exact) mass is 480 g/mol. The summed E-state index contributed by atoms with van der Waals surface area (Å²) in [6.07, 6.45) is 11.8. The van der Waals surface area contributed by atoms with E-state index in [2.05, 4.69) is 14.8 Å². The van der Waals surface area contributed by atoms with Crippen molar-refractivity contribution in [1.29, 1.82) is 0 Å². The molecular formula is C25H28N4O4S. The van der Waals surface area contributed by atoms with Gasteiger partial charge in [0.25, 0.3) is 0 Å². The van der Waals surface area contributed by atoms with E-state index in [4.69, 9.17) is 4.74 Å². The van der Waals surface area contributed by atoms with Gasteiger partial charge in [-0.3, -0.25) is 9.69 Å². The molecule has 3 aromatic rings. The van der Waals surface area contributed by atoms with Gasteiger partial charge in [-0.05, 0) is 42.7 Å². The number of amides is 1. The van der Waals surface area contributed by atoms with Gasteiger partial charge < -0.3 is 9.47 Å². The number of rotatable bonds is 8. The molecule has 0 atom stereocenters. The largest absolute Gasteiger partial charge is 0.481 e. The van der Waals surface area contributed by atoms with Gasteiger partial charge in [0.05, 0.1) is 43.3 Å². The van der Waals surface area contributed by atoms with Crippen molar-refractivity contribution >= 4 is 34.3 Å². The van der Waals surface area contributed by atoms with Gasteiger partial charge >= 0.3 is 5.97 Å². The van der Waals surface area contributed by atoms with Gasteiger partial charge in [-0.1, -0.05) is 19.3 Å². The number of carbonyl (C=O) groups is 2. The molecule has 0 radical (unpaired) electrons. The van der Waals surface area contributed by atoms with Gasteiger partial charge in [-0.15, -0.1) is 11.3 Å². The molecule has 8 nitrogen and oxygen atoms in total. The molecule has 0 N–H and O–H groups in total. The third-order valence-corrected chi connectivity index (χ3v) is 6.83. The first-order chi connectivity index (χ1) is 16.6. The molecule has 3 heterocycles. The Morgan fingerprint density at radius 1 is 1.21 bits per heavy atom. The van der Waals surface area contributed by atoms with Crippen LogP contribution in [0, 0.1) is 5.92 Å². The van der Waals surface area contributed by atoms with Gasteiger partial charge in [-0.2, -0.15) is 5.10 Å². The van der Waals surface area contributed by atoms with Crippen molar-refractivity contribution in [3.8, 4) is 11.6 Å². The Morgan fingerprint density at radius 3 is 2.74 bits per heavy atom. The summed E-state index contributed by atoms with van der Waals surface area (Å²) >= 11 is 1.48. The van der Waals surface area contributed by atoms with Crippen LogP contribution in [0.5, 0.6) is 5.88 Å². The molecule has 1 aliphatic rings. The van der Waals surface area contributed by atoms with Crippen LogP contribution in [0.25, 0.3) is 11.8 Å². The lowest BCUT2D eigenvalue weighted by atomic mass is 9.88. The van der Waals surface area contributed by atoms with Crippen LogP contribution in [-0.2, 0) is 20.9 Å². The van der Waals surface area contributed by atoms with Gasteiger partial charge in [0.1, 0.15) is 0 Å². The number of pyridine rings is 1. The molecule has 3 aromatic heterocycles. The molecule has 1 amide bonds. The van der Waals surface area contributed by atoms with Crippen molar-refractivity contribution in [3.63, 3.8) is 0 Å². The zero-order chi connectivity index (χ0) is 23.9. The molecule has 1 saturated carbocycles. The van der Waals surface area contributed by atoms with Crippen molar-refractivity contribution in [2.24, 2.45) is 5.92 Å². The summed E-state index contributed by atoms with van der Waals surface area (Å²) in [5.74, 6) is 0.278. The van der Waals surface area contributed by atoms with E-state index in [0.717, 1.165) is 47.6 Å². The number of nitrogens with zero attached hydrogens (tertiary/aromatic N) is 4. The number of ether oxygens (including phenoxy) is 2. The third-order valence-electron chi connectivity index (χ3n) is 5.86. The smallest absolute Gasteiger partial charge is 0.330 e. The molecule has 4 rings (SSSR count). The first kappa shape index (κ1) is 23.7. The van der Waals surface area contributed by atoms with E-state index < -0.39 is 5.97 Å². The van der Waals surface area contributed by atoms with Gasteiger partial charge in [0.15, 0.2) is 0 Å². The number of hydrogen-bond acceptors (Lipinski definition) is 7. The Kier molecular flexibility index (Phi) is 7.74. The SMILES string of the molecule is COC(=O)/C=C/c1csc(N(Cc2ccn(-c3ccc(OC)nc3)n2)C(=O)C2CCCCC2)c1. The second-order valence-corrected chi connectivity index (χ2v) is 9.03. The summed E-state index contributed by atoms with van der Waals surface area (Å²) in [7, 11) is 2.92. The maximum atomic E-state index is 13.6. The minimum absolute atomic E-state index is 0.0257. The number of esters is 1. The zero-order valence-corrected chi connectivity index (χ0v) is 20.2. The molecule has 1 fully saturated rings. The molecule has 0 aromatic carbocycles. The van der Waals surface area contributed by atoms with Gasteiger partial charge in [-0.25, -0.2) is 14.5 Å². The average molecular weight is 481 g/mol. The highest BCUT2D eigenvalue weighted by Crippen LogP contribution is 2.32. The first-order valence-corrected chi connectivity index (χ1v) is 12.2. The number of carbonyl (C=O) groups excluding carboxylic acids is 2. The summed E-state index contributed by atoms with van der Waals surface area (Å²) in [6, 6.07) is 7.50. The molecule has 0 saturated heterocycles. The maximum absolute atomic E-state index is 13.6. The summed E-state index contributed by atoms with van der Waals surface area (Å²) in [4.78, 5) is 31.1. The third kappa shape index (κ3) is 5.72. The van der Waals surface area contributed by atoms with Crippen molar-refractivity contribution in [1.82, 2.24) is 14.8 Å². The van der Waals surface area contributed by atoms with Gasteiger partial charge in [0.2, 0.25) is 11.8 Å². The van der Waals surface area contributed by atoms with E-state index in [0.29, 0.717) is 12.4 Å². The van der Waals surface area contributed by atoms with Crippen LogP contribution in [0.4, 0.5) is 5.00 Å². The van der Waals surface area contributed by atoms with Crippen LogP contribution in [0.15, 0.2) is 48.1 Å². The molecule has 178 valence electrons. The van der Waals surface area contributed by atoms with Crippen molar-refractivity contribution < 1.29 is 19.1 Å². The highest BCUT2D eigenvalue weighted by molar-refractivity contribution is 7.14. The molecule has 1 aliphatic carbocycles. The Hall–Kier alpha value is -3.46. The fourth-order valence-corrected chi connectivity index (χ4v) is 4.90. The summed E-state index contributed by atoms with van der Waals surface area (Å²) < 4.78 is 11.5. The minimum Gasteiger partial charge on any atom is -0.481 e. The van der Waals surface area contributed by atoms with E-state index >= 15 is 0 Å². The molecule has 9 heteroatoms. The van der Waals surface area contributed by atoms with Crippen molar-refractivity contribution in [3.05, 3.63) is 59.4 Å². The van der Waals surface area contributed by atoms with Gasteiger partial charge in [0, 0.05) is 29.6 Å². The second-order valence-electron chi connectivity index (χ2n) is 8.14. The quantitative estimate of drug-likeness (QED) is 0.345. The molecule has 34 heavy (non-hydrogen) atoms. The number of methoxy groups -OCH3 is 2. The summed E-state index contributed by atoms with van der Waals surface area (Å²) in [6.45, 7) is 0.368. The summed E-state index contributed by atoms with van der Waals surface area (Å²) in [5, 5.41) is 7.44. The minimum atomic E-state index is -0.415.